The maximum atomic E-state index is 13.3. The van der Waals surface area contributed by atoms with Gasteiger partial charge in [0.15, 0.2) is 5.82 Å². The van der Waals surface area contributed by atoms with E-state index in [0.717, 1.165) is 0 Å². The van der Waals surface area contributed by atoms with Gasteiger partial charge in [-0.1, -0.05) is 18.2 Å². The largest absolute Gasteiger partial charge is 0.494 e. The van der Waals surface area contributed by atoms with Gasteiger partial charge in [0, 0.05) is 18.5 Å². The first-order valence-corrected chi connectivity index (χ1v) is 13.3. The van der Waals surface area contributed by atoms with Crippen LogP contribution < -0.4 is 18.9 Å². The number of aromatic nitrogens is 6. The topological polar surface area (TPSA) is 155 Å². The molecule has 0 radical (unpaired) electrons. The number of hydrogen-bond donors (Lipinski definition) is 2. The Hall–Kier alpha value is -4.69. The SMILES string of the molecule is COc1cccc(-c2nnc(NS(=O)(=O)CC(O)c3cn4ccccc4n3)n2-c2c(OC)cccc2OC)n1. The molecule has 0 bridgehead atoms. The third-order valence-electron chi connectivity index (χ3n) is 5.80. The summed E-state index contributed by atoms with van der Waals surface area (Å²) in [6, 6.07) is 15.5. The van der Waals surface area contributed by atoms with Crippen LogP contribution in [0.3, 0.4) is 0 Å². The maximum Gasteiger partial charge on any atom is 0.243 e. The molecule has 0 saturated heterocycles. The first-order chi connectivity index (χ1) is 18.8. The second kappa shape index (κ2) is 10.6. The molecular formula is C25H25N7O6S. The van der Waals surface area contributed by atoms with Crippen molar-refractivity contribution < 1.29 is 27.7 Å². The van der Waals surface area contributed by atoms with E-state index in [4.69, 9.17) is 14.2 Å². The molecule has 13 nitrogen and oxygen atoms in total. The van der Waals surface area contributed by atoms with Crippen molar-refractivity contribution in [3.8, 4) is 34.6 Å². The highest BCUT2D eigenvalue weighted by atomic mass is 32.2. The lowest BCUT2D eigenvalue weighted by molar-refractivity contribution is 0.197. The van der Waals surface area contributed by atoms with Gasteiger partial charge in [0.05, 0.1) is 27.0 Å². The van der Waals surface area contributed by atoms with E-state index in [-0.39, 0.29) is 17.5 Å². The molecule has 0 saturated carbocycles. The van der Waals surface area contributed by atoms with E-state index >= 15 is 0 Å². The van der Waals surface area contributed by atoms with Gasteiger partial charge in [-0.2, -0.15) is 0 Å². The van der Waals surface area contributed by atoms with Crippen LogP contribution in [0.25, 0.3) is 22.9 Å². The number of benzene rings is 1. The smallest absolute Gasteiger partial charge is 0.243 e. The number of methoxy groups -OCH3 is 3. The molecule has 14 heteroatoms. The Morgan fingerprint density at radius 1 is 0.923 bits per heavy atom. The number of aliphatic hydroxyl groups is 1. The van der Waals surface area contributed by atoms with Crippen molar-refractivity contribution in [3.05, 3.63) is 72.7 Å². The van der Waals surface area contributed by atoms with Crippen LogP contribution >= 0.6 is 0 Å². The van der Waals surface area contributed by atoms with E-state index in [1.54, 1.807) is 71.4 Å². The molecule has 4 aromatic heterocycles. The Kier molecular flexibility index (Phi) is 7.04. The van der Waals surface area contributed by atoms with Gasteiger partial charge in [-0.05, 0) is 30.3 Å². The van der Waals surface area contributed by atoms with Crippen molar-refractivity contribution in [1.82, 2.24) is 29.1 Å². The molecule has 1 unspecified atom stereocenters. The highest BCUT2D eigenvalue weighted by molar-refractivity contribution is 7.92. The lowest BCUT2D eigenvalue weighted by Gasteiger charge is -2.18. The number of para-hydroxylation sites is 1. The van der Waals surface area contributed by atoms with Crippen LogP contribution in [0, 0.1) is 0 Å². The second-order valence-electron chi connectivity index (χ2n) is 8.29. The van der Waals surface area contributed by atoms with Gasteiger partial charge in [0.25, 0.3) is 0 Å². The average molecular weight is 552 g/mol. The molecule has 0 fully saturated rings. The average Bonchev–Trinajstić information content (AvgIpc) is 3.56. The zero-order chi connectivity index (χ0) is 27.6. The minimum Gasteiger partial charge on any atom is -0.494 e. The fraction of sp³-hybridized carbons (Fsp3) is 0.200. The predicted octanol–water partition coefficient (Wildman–Crippen LogP) is 2.48. The molecule has 39 heavy (non-hydrogen) atoms. The van der Waals surface area contributed by atoms with Gasteiger partial charge in [-0.25, -0.2) is 18.4 Å². The summed E-state index contributed by atoms with van der Waals surface area (Å²) in [7, 11) is 0.257. The summed E-state index contributed by atoms with van der Waals surface area (Å²) >= 11 is 0. The third-order valence-corrected chi connectivity index (χ3v) is 7.05. The van der Waals surface area contributed by atoms with E-state index in [9.17, 15) is 13.5 Å². The highest BCUT2D eigenvalue weighted by Crippen LogP contribution is 2.37. The number of nitrogens with one attached hydrogen (secondary N) is 1. The number of aliphatic hydroxyl groups excluding tert-OH is 1. The molecule has 0 aliphatic rings. The second-order valence-corrected chi connectivity index (χ2v) is 10.1. The fourth-order valence-corrected chi connectivity index (χ4v) is 5.10. The van der Waals surface area contributed by atoms with Crippen LogP contribution in [0.4, 0.5) is 5.95 Å². The Balaban J connectivity index is 1.56. The summed E-state index contributed by atoms with van der Waals surface area (Å²) in [6.45, 7) is 0. The first-order valence-electron chi connectivity index (χ1n) is 11.6. The quantitative estimate of drug-likeness (QED) is 0.264. The number of hydrogen-bond acceptors (Lipinski definition) is 10. The van der Waals surface area contributed by atoms with Crippen LogP contribution in [0.2, 0.25) is 0 Å². The molecule has 1 aromatic carbocycles. The van der Waals surface area contributed by atoms with Gasteiger partial charge in [0.2, 0.25) is 21.9 Å². The molecule has 5 aromatic rings. The lowest BCUT2D eigenvalue weighted by atomic mass is 10.2. The van der Waals surface area contributed by atoms with Gasteiger partial charge < -0.3 is 23.7 Å². The van der Waals surface area contributed by atoms with Crippen molar-refractivity contribution in [2.45, 2.75) is 6.10 Å². The maximum absolute atomic E-state index is 13.3. The van der Waals surface area contributed by atoms with Crippen LogP contribution in [-0.4, -0.2) is 69.7 Å². The minimum atomic E-state index is -4.17. The number of anilines is 1. The van der Waals surface area contributed by atoms with Crippen LogP contribution in [0.1, 0.15) is 11.8 Å². The molecule has 0 amide bonds. The zero-order valence-electron chi connectivity index (χ0n) is 21.2. The predicted molar refractivity (Wildman–Crippen MR) is 142 cm³/mol. The first kappa shape index (κ1) is 25.9. The van der Waals surface area contributed by atoms with E-state index in [1.807, 2.05) is 0 Å². The number of pyridine rings is 2. The lowest BCUT2D eigenvalue weighted by Crippen LogP contribution is -2.24. The van der Waals surface area contributed by atoms with Crippen molar-refractivity contribution >= 4 is 21.6 Å². The van der Waals surface area contributed by atoms with Gasteiger partial charge >= 0.3 is 0 Å². The van der Waals surface area contributed by atoms with E-state index < -0.39 is 21.9 Å². The van der Waals surface area contributed by atoms with Crippen LogP contribution in [0.5, 0.6) is 17.4 Å². The Morgan fingerprint density at radius 3 is 2.36 bits per heavy atom. The number of imidazole rings is 1. The number of fused-ring (bicyclic) bond motifs is 1. The van der Waals surface area contributed by atoms with E-state index in [2.05, 4.69) is 24.9 Å². The highest BCUT2D eigenvalue weighted by Gasteiger charge is 2.28. The summed E-state index contributed by atoms with van der Waals surface area (Å²) < 4.78 is 48.4. The molecule has 1 atom stereocenters. The van der Waals surface area contributed by atoms with Crippen molar-refractivity contribution in [2.24, 2.45) is 0 Å². The third kappa shape index (κ3) is 5.19. The number of rotatable bonds is 10. The van der Waals surface area contributed by atoms with Crippen molar-refractivity contribution in [2.75, 3.05) is 31.8 Å². The summed E-state index contributed by atoms with van der Waals surface area (Å²) in [4.78, 5) is 8.73. The zero-order valence-corrected chi connectivity index (χ0v) is 22.0. The van der Waals surface area contributed by atoms with Crippen LogP contribution in [-0.2, 0) is 10.0 Å². The number of ether oxygens (including phenoxy) is 3. The molecule has 0 aliphatic carbocycles. The minimum absolute atomic E-state index is 0.167. The van der Waals surface area contributed by atoms with Gasteiger partial charge in [-0.3, -0.25) is 9.29 Å². The normalized spacial score (nSPS) is 12.3. The molecule has 4 heterocycles. The molecule has 2 N–H and O–H groups in total. The Morgan fingerprint density at radius 2 is 1.67 bits per heavy atom. The van der Waals surface area contributed by atoms with Gasteiger partial charge in [-0.15, -0.1) is 10.2 Å². The van der Waals surface area contributed by atoms with E-state index in [0.29, 0.717) is 34.4 Å². The molecular weight excluding hydrogens is 526 g/mol. The summed E-state index contributed by atoms with van der Waals surface area (Å²) in [6.07, 6.45) is 1.92. The number of nitrogens with zero attached hydrogens (tertiary/aromatic N) is 6. The summed E-state index contributed by atoms with van der Waals surface area (Å²) in [5.41, 5.74) is 1.48. The summed E-state index contributed by atoms with van der Waals surface area (Å²) in [5.74, 6) is 0.396. The molecule has 0 aliphatic heterocycles. The Bertz CT molecular complexity index is 1680. The standard InChI is InChI=1S/C25H25N7O6S/c1-36-19-9-7-10-20(37-2)23(19)32-24(16-8-6-12-22(27-16)38-3)28-29-25(32)30-39(34,35)15-18(33)17-14-31-13-5-4-11-21(31)26-17/h4-14,18,33H,15H2,1-3H3,(H,29,30). The number of sulfonamides is 1. The van der Waals surface area contributed by atoms with E-state index in [1.165, 1.54) is 25.9 Å². The molecule has 202 valence electrons. The van der Waals surface area contributed by atoms with Gasteiger partial charge in [0.1, 0.15) is 40.4 Å². The van der Waals surface area contributed by atoms with Crippen molar-refractivity contribution in [3.63, 3.8) is 0 Å². The Labute approximate surface area is 223 Å². The molecule has 0 spiro atoms. The fourth-order valence-electron chi connectivity index (χ4n) is 4.02. The van der Waals surface area contributed by atoms with Crippen LogP contribution in [0.15, 0.2) is 67.0 Å². The monoisotopic (exact) mass is 551 g/mol. The van der Waals surface area contributed by atoms with Crippen molar-refractivity contribution in [1.29, 1.82) is 0 Å². The summed E-state index contributed by atoms with van der Waals surface area (Å²) in [5, 5.41) is 19.0. The molecule has 5 rings (SSSR count).